The maximum Gasteiger partial charge on any atom is 0.267 e. The number of hydrogen-bond donors (Lipinski definition) is 2. The number of nitrogens with zero attached hydrogens (tertiary/aromatic N) is 1. The van der Waals surface area contributed by atoms with Gasteiger partial charge in [0.05, 0.1) is 0 Å². The quantitative estimate of drug-likeness (QED) is 0.255. The van der Waals surface area contributed by atoms with E-state index in [1.165, 1.54) is 22.1 Å². The standard InChI is InChI=1S/C23H30N2O2S/c1-3-25(4-2)16-17-28-22-14-11-20(12-15-23(26)24-27)18-21(22)13-10-19-8-6-5-7-9-19/h5-9,11-12,14-15,18,27H,3-4,10,13,16-17H2,1-2H3,(H,24,26)/b15-12+. The molecule has 0 atom stereocenters. The van der Waals surface area contributed by atoms with Crippen molar-refractivity contribution in [3.05, 3.63) is 71.3 Å². The molecule has 0 heterocycles. The largest absolute Gasteiger partial charge is 0.303 e. The molecule has 0 aliphatic heterocycles. The summed E-state index contributed by atoms with van der Waals surface area (Å²) in [6.07, 6.45) is 4.99. The predicted molar refractivity (Wildman–Crippen MR) is 118 cm³/mol. The summed E-state index contributed by atoms with van der Waals surface area (Å²) >= 11 is 1.89. The summed E-state index contributed by atoms with van der Waals surface area (Å²) in [4.78, 5) is 15.0. The van der Waals surface area contributed by atoms with Gasteiger partial charge in [-0.05, 0) is 54.8 Å². The lowest BCUT2D eigenvalue weighted by Crippen LogP contribution is -2.25. The molecule has 0 spiro atoms. The van der Waals surface area contributed by atoms with Gasteiger partial charge in [-0.15, -0.1) is 11.8 Å². The Balaban J connectivity index is 2.12. The number of hydroxylamine groups is 1. The van der Waals surface area contributed by atoms with Gasteiger partial charge in [0.2, 0.25) is 0 Å². The van der Waals surface area contributed by atoms with Gasteiger partial charge in [0.15, 0.2) is 0 Å². The fourth-order valence-electron chi connectivity index (χ4n) is 3.00. The summed E-state index contributed by atoms with van der Waals surface area (Å²) in [6, 6.07) is 16.8. The van der Waals surface area contributed by atoms with E-state index in [9.17, 15) is 4.79 Å². The van der Waals surface area contributed by atoms with Crippen LogP contribution < -0.4 is 5.48 Å². The Morgan fingerprint density at radius 2 is 1.86 bits per heavy atom. The molecule has 0 saturated carbocycles. The van der Waals surface area contributed by atoms with Crippen LogP contribution in [0.15, 0.2) is 59.5 Å². The predicted octanol–water partition coefficient (Wildman–Crippen LogP) is 4.42. The third kappa shape index (κ3) is 7.50. The van der Waals surface area contributed by atoms with E-state index in [2.05, 4.69) is 55.1 Å². The Hall–Kier alpha value is -2.08. The van der Waals surface area contributed by atoms with Crippen molar-refractivity contribution in [2.75, 3.05) is 25.4 Å². The Morgan fingerprint density at radius 3 is 2.54 bits per heavy atom. The van der Waals surface area contributed by atoms with Crippen molar-refractivity contribution >= 4 is 23.7 Å². The van der Waals surface area contributed by atoms with E-state index < -0.39 is 5.91 Å². The second-order valence-electron chi connectivity index (χ2n) is 6.54. The third-order valence-electron chi connectivity index (χ3n) is 4.71. The van der Waals surface area contributed by atoms with Gasteiger partial charge in [-0.1, -0.05) is 56.3 Å². The lowest BCUT2D eigenvalue weighted by molar-refractivity contribution is -0.124. The molecule has 2 aromatic carbocycles. The highest BCUT2D eigenvalue weighted by atomic mass is 32.2. The monoisotopic (exact) mass is 398 g/mol. The molecule has 0 aliphatic carbocycles. The number of amides is 1. The number of carbonyl (C=O) groups is 1. The van der Waals surface area contributed by atoms with Crippen molar-refractivity contribution in [2.45, 2.75) is 31.6 Å². The Labute approximate surface area is 172 Å². The fraction of sp³-hybridized carbons (Fsp3) is 0.348. The number of rotatable bonds is 11. The number of nitrogens with one attached hydrogen (secondary N) is 1. The molecule has 2 rings (SSSR count). The number of carbonyl (C=O) groups excluding carboxylic acids is 1. The summed E-state index contributed by atoms with van der Waals surface area (Å²) in [5.41, 5.74) is 5.19. The number of hydrogen-bond acceptors (Lipinski definition) is 4. The van der Waals surface area contributed by atoms with Crippen molar-refractivity contribution in [3.8, 4) is 0 Å². The van der Waals surface area contributed by atoms with E-state index in [0.717, 1.165) is 43.8 Å². The van der Waals surface area contributed by atoms with Crippen LogP contribution in [0, 0.1) is 0 Å². The second kappa shape index (κ2) is 12.4. The number of benzene rings is 2. The van der Waals surface area contributed by atoms with E-state index in [1.807, 2.05) is 23.9 Å². The maximum absolute atomic E-state index is 11.3. The minimum Gasteiger partial charge on any atom is -0.303 e. The van der Waals surface area contributed by atoms with Crippen LogP contribution in [-0.4, -0.2) is 41.4 Å². The van der Waals surface area contributed by atoms with Crippen molar-refractivity contribution in [3.63, 3.8) is 0 Å². The summed E-state index contributed by atoms with van der Waals surface area (Å²) < 4.78 is 0. The van der Waals surface area contributed by atoms with Gasteiger partial charge in [0.1, 0.15) is 0 Å². The lowest BCUT2D eigenvalue weighted by Gasteiger charge is -2.18. The average Bonchev–Trinajstić information content (AvgIpc) is 2.75. The van der Waals surface area contributed by atoms with Crippen molar-refractivity contribution < 1.29 is 10.0 Å². The van der Waals surface area contributed by atoms with Crippen molar-refractivity contribution in [2.24, 2.45) is 0 Å². The SMILES string of the molecule is CCN(CC)CCSc1ccc(/C=C/C(=O)NO)cc1CCc1ccccc1. The van der Waals surface area contributed by atoms with Crippen molar-refractivity contribution in [1.29, 1.82) is 0 Å². The maximum atomic E-state index is 11.3. The molecule has 2 N–H and O–H groups in total. The van der Waals surface area contributed by atoms with Crippen LogP contribution in [0.25, 0.3) is 6.08 Å². The molecule has 0 unspecified atom stereocenters. The van der Waals surface area contributed by atoms with E-state index in [0.29, 0.717) is 0 Å². The van der Waals surface area contributed by atoms with E-state index in [4.69, 9.17) is 5.21 Å². The van der Waals surface area contributed by atoms with Crippen LogP contribution in [0.1, 0.15) is 30.5 Å². The van der Waals surface area contributed by atoms with Gasteiger partial charge >= 0.3 is 0 Å². The smallest absolute Gasteiger partial charge is 0.267 e. The van der Waals surface area contributed by atoms with Gasteiger partial charge in [-0.25, -0.2) is 5.48 Å². The van der Waals surface area contributed by atoms with E-state index in [1.54, 1.807) is 11.6 Å². The molecule has 0 saturated heterocycles. The molecule has 0 bridgehead atoms. The molecular formula is C23H30N2O2S. The van der Waals surface area contributed by atoms with Crippen LogP contribution >= 0.6 is 11.8 Å². The Morgan fingerprint density at radius 1 is 1.11 bits per heavy atom. The molecule has 4 nitrogen and oxygen atoms in total. The molecule has 150 valence electrons. The molecule has 2 aromatic rings. The fourth-order valence-corrected chi connectivity index (χ4v) is 4.08. The summed E-state index contributed by atoms with van der Waals surface area (Å²) in [5, 5.41) is 8.65. The first-order chi connectivity index (χ1) is 13.7. The first kappa shape index (κ1) is 22.2. The van der Waals surface area contributed by atoms with Gasteiger partial charge in [-0.2, -0.15) is 0 Å². The van der Waals surface area contributed by atoms with Gasteiger partial charge in [0.25, 0.3) is 5.91 Å². The normalized spacial score (nSPS) is 11.3. The zero-order chi connectivity index (χ0) is 20.2. The zero-order valence-electron chi connectivity index (χ0n) is 16.7. The van der Waals surface area contributed by atoms with E-state index >= 15 is 0 Å². The average molecular weight is 399 g/mol. The molecule has 1 amide bonds. The molecule has 0 fully saturated rings. The first-order valence-corrected chi connectivity index (χ1v) is 10.8. The first-order valence-electron chi connectivity index (χ1n) is 9.80. The Bertz CT molecular complexity index is 758. The molecule has 5 heteroatoms. The summed E-state index contributed by atoms with van der Waals surface area (Å²) in [6.45, 7) is 7.63. The van der Waals surface area contributed by atoms with Crippen LogP contribution in [0.5, 0.6) is 0 Å². The van der Waals surface area contributed by atoms with Gasteiger partial charge in [-0.3, -0.25) is 10.0 Å². The minimum absolute atomic E-state index is 0.525. The zero-order valence-corrected chi connectivity index (χ0v) is 17.5. The number of thioether (sulfide) groups is 1. The molecule has 0 radical (unpaired) electrons. The van der Waals surface area contributed by atoms with Crippen LogP contribution in [0.2, 0.25) is 0 Å². The van der Waals surface area contributed by atoms with Crippen LogP contribution in [-0.2, 0) is 17.6 Å². The highest BCUT2D eigenvalue weighted by molar-refractivity contribution is 7.99. The number of aryl methyl sites for hydroxylation is 2. The van der Waals surface area contributed by atoms with Gasteiger partial charge < -0.3 is 4.90 Å². The minimum atomic E-state index is -0.525. The molecule has 0 aliphatic rings. The highest BCUT2D eigenvalue weighted by Gasteiger charge is 2.07. The highest BCUT2D eigenvalue weighted by Crippen LogP contribution is 2.26. The van der Waals surface area contributed by atoms with E-state index in [-0.39, 0.29) is 0 Å². The summed E-state index contributed by atoms with van der Waals surface area (Å²) in [7, 11) is 0. The summed E-state index contributed by atoms with van der Waals surface area (Å²) in [5.74, 6) is 0.533. The van der Waals surface area contributed by atoms with Crippen LogP contribution in [0.3, 0.4) is 0 Å². The van der Waals surface area contributed by atoms with Crippen LogP contribution in [0.4, 0.5) is 0 Å². The second-order valence-corrected chi connectivity index (χ2v) is 7.67. The topological polar surface area (TPSA) is 52.6 Å². The van der Waals surface area contributed by atoms with Gasteiger partial charge in [0, 0.05) is 23.3 Å². The lowest BCUT2D eigenvalue weighted by atomic mass is 10.0. The molecular weight excluding hydrogens is 368 g/mol. The molecule has 0 aromatic heterocycles. The Kier molecular flexibility index (Phi) is 9.83. The van der Waals surface area contributed by atoms with Crippen molar-refractivity contribution in [1.82, 2.24) is 10.4 Å². The molecule has 28 heavy (non-hydrogen) atoms. The third-order valence-corrected chi connectivity index (χ3v) is 5.80.